The summed E-state index contributed by atoms with van der Waals surface area (Å²) < 4.78 is 0. The molecule has 0 fully saturated rings. The molecule has 2 aromatic rings. The van der Waals surface area contributed by atoms with Crippen LogP contribution in [0.15, 0.2) is 29.3 Å². The summed E-state index contributed by atoms with van der Waals surface area (Å²) >= 11 is 2.91. The van der Waals surface area contributed by atoms with E-state index in [2.05, 4.69) is 10.3 Å². The fourth-order valence-corrected chi connectivity index (χ4v) is 2.91. The summed E-state index contributed by atoms with van der Waals surface area (Å²) in [5, 5.41) is 14.6. The van der Waals surface area contributed by atoms with E-state index in [0.29, 0.717) is 6.54 Å². The molecule has 0 aliphatic rings. The molecule has 6 nitrogen and oxygen atoms in total. The van der Waals surface area contributed by atoms with Gasteiger partial charge in [0.25, 0.3) is 11.6 Å². The number of nitrogens with one attached hydrogen (secondary N) is 1. The van der Waals surface area contributed by atoms with Crippen LogP contribution in [0, 0.1) is 17.0 Å². The normalized spacial score (nSPS) is 10.4. The minimum Gasteiger partial charge on any atom is -0.347 e. The molecule has 0 spiro atoms. The number of hydrogen-bond acceptors (Lipinski definition) is 6. The van der Waals surface area contributed by atoms with Crippen LogP contribution in [0.5, 0.6) is 0 Å². The van der Waals surface area contributed by atoms with Crippen LogP contribution < -0.4 is 5.32 Å². The van der Waals surface area contributed by atoms with Gasteiger partial charge in [-0.3, -0.25) is 14.9 Å². The summed E-state index contributed by atoms with van der Waals surface area (Å²) in [6.45, 7) is 2.19. The lowest BCUT2D eigenvalue weighted by atomic mass is 10.1. The molecular formula is C13H13N3O3S2. The van der Waals surface area contributed by atoms with Crippen molar-refractivity contribution >= 4 is 34.7 Å². The SMILES string of the molecule is CSc1ccc([N+](=O)[O-])c(C(=O)NCc2cnc(C)s2)c1. The average molecular weight is 323 g/mol. The number of aryl methyl sites for hydroxylation is 1. The van der Waals surface area contributed by atoms with E-state index < -0.39 is 10.8 Å². The third-order valence-electron chi connectivity index (χ3n) is 2.74. The zero-order chi connectivity index (χ0) is 15.4. The van der Waals surface area contributed by atoms with Crippen LogP contribution in [0.4, 0.5) is 5.69 Å². The maximum absolute atomic E-state index is 12.2. The molecule has 0 radical (unpaired) electrons. The van der Waals surface area contributed by atoms with E-state index in [4.69, 9.17) is 0 Å². The molecule has 8 heteroatoms. The number of amides is 1. The van der Waals surface area contributed by atoms with Crippen LogP contribution in [0.2, 0.25) is 0 Å². The maximum atomic E-state index is 12.2. The second-order valence-corrected chi connectivity index (χ2v) is 6.37. The van der Waals surface area contributed by atoms with Crippen molar-refractivity contribution in [3.05, 3.63) is 50.0 Å². The molecule has 110 valence electrons. The molecule has 0 unspecified atom stereocenters. The summed E-state index contributed by atoms with van der Waals surface area (Å²) in [6.07, 6.45) is 3.54. The van der Waals surface area contributed by atoms with Crippen LogP contribution in [0.3, 0.4) is 0 Å². The largest absolute Gasteiger partial charge is 0.347 e. The van der Waals surface area contributed by atoms with E-state index in [1.807, 2.05) is 13.2 Å². The second-order valence-electron chi connectivity index (χ2n) is 4.17. The van der Waals surface area contributed by atoms with Gasteiger partial charge in [0.05, 0.1) is 16.5 Å². The van der Waals surface area contributed by atoms with Gasteiger partial charge in [0, 0.05) is 22.0 Å². The summed E-state index contributed by atoms with van der Waals surface area (Å²) in [6, 6.07) is 4.53. The minimum absolute atomic E-state index is 0.0769. The molecule has 21 heavy (non-hydrogen) atoms. The van der Waals surface area contributed by atoms with E-state index in [-0.39, 0.29) is 11.3 Å². The monoisotopic (exact) mass is 323 g/mol. The van der Waals surface area contributed by atoms with Gasteiger partial charge in [-0.1, -0.05) is 0 Å². The van der Waals surface area contributed by atoms with Crippen LogP contribution in [-0.2, 0) is 6.54 Å². The Morgan fingerprint density at radius 1 is 1.52 bits per heavy atom. The molecule has 0 saturated carbocycles. The van der Waals surface area contributed by atoms with Gasteiger partial charge in [0.2, 0.25) is 0 Å². The number of thioether (sulfide) groups is 1. The molecule has 1 N–H and O–H groups in total. The van der Waals surface area contributed by atoms with Gasteiger partial charge >= 0.3 is 0 Å². The lowest BCUT2D eigenvalue weighted by Crippen LogP contribution is -2.23. The van der Waals surface area contributed by atoms with Crippen LogP contribution >= 0.6 is 23.1 Å². The van der Waals surface area contributed by atoms with Gasteiger partial charge in [0.1, 0.15) is 5.56 Å². The van der Waals surface area contributed by atoms with Crippen molar-refractivity contribution in [1.29, 1.82) is 0 Å². The molecule has 2 rings (SSSR count). The van der Waals surface area contributed by atoms with Gasteiger partial charge in [-0.15, -0.1) is 23.1 Å². The third kappa shape index (κ3) is 3.79. The molecular weight excluding hydrogens is 310 g/mol. The molecule has 1 aromatic carbocycles. The minimum atomic E-state index is -0.546. The first-order chi connectivity index (χ1) is 10.0. The molecule has 0 aliphatic carbocycles. The number of hydrogen-bond donors (Lipinski definition) is 1. The number of thiazole rings is 1. The standard InChI is InChI=1S/C13H13N3O3S2/c1-8-14-6-10(21-8)7-15-13(17)11-5-9(20-2)3-4-12(11)16(18)19/h3-6H,7H2,1-2H3,(H,15,17). The van der Waals surface area contributed by atoms with Crippen molar-refractivity contribution in [2.45, 2.75) is 18.4 Å². The number of nitro benzene ring substituents is 1. The Morgan fingerprint density at radius 2 is 2.29 bits per heavy atom. The summed E-state index contributed by atoms with van der Waals surface area (Å²) in [5.41, 5.74) is -0.112. The van der Waals surface area contributed by atoms with E-state index in [0.717, 1.165) is 14.8 Å². The topological polar surface area (TPSA) is 85.1 Å². The van der Waals surface area contributed by atoms with Gasteiger partial charge in [-0.25, -0.2) is 4.98 Å². The first-order valence-electron chi connectivity index (χ1n) is 6.03. The van der Waals surface area contributed by atoms with Crippen LogP contribution in [0.1, 0.15) is 20.2 Å². The zero-order valence-corrected chi connectivity index (χ0v) is 13.1. The molecule has 1 aromatic heterocycles. The number of carbonyl (C=O) groups is 1. The van der Waals surface area contributed by atoms with Crippen molar-refractivity contribution in [2.75, 3.05) is 6.26 Å². The Balaban J connectivity index is 2.19. The Labute approximate surface area is 129 Å². The average Bonchev–Trinajstić information content (AvgIpc) is 2.89. The number of nitrogens with zero attached hydrogens (tertiary/aromatic N) is 2. The number of aromatic nitrogens is 1. The van der Waals surface area contributed by atoms with E-state index >= 15 is 0 Å². The molecule has 0 atom stereocenters. The van der Waals surface area contributed by atoms with Gasteiger partial charge in [-0.2, -0.15) is 0 Å². The highest BCUT2D eigenvalue weighted by Gasteiger charge is 2.20. The predicted molar refractivity (Wildman–Crippen MR) is 82.9 cm³/mol. The Morgan fingerprint density at radius 3 is 2.86 bits per heavy atom. The Bertz CT molecular complexity index is 685. The van der Waals surface area contributed by atoms with Crippen LogP contribution in [0.25, 0.3) is 0 Å². The van der Waals surface area contributed by atoms with E-state index in [9.17, 15) is 14.9 Å². The quantitative estimate of drug-likeness (QED) is 0.519. The third-order valence-corrected chi connectivity index (χ3v) is 4.38. The number of nitro groups is 1. The van der Waals surface area contributed by atoms with Gasteiger partial charge in [-0.05, 0) is 25.3 Å². The molecule has 0 bridgehead atoms. The van der Waals surface area contributed by atoms with Crippen molar-refractivity contribution in [2.24, 2.45) is 0 Å². The number of benzene rings is 1. The highest BCUT2D eigenvalue weighted by Crippen LogP contribution is 2.24. The summed E-state index contributed by atoms with van der Waals surface area (Å²) in [4.78, 5) is 28.5. The highest BCUT2D eigenvalue weighted by molar-refractivity contribution is 7.98. The Hall–Kier alpha value is -1.93. The fourth-order valence-electron chi connectivity index (χ4n) is 1.73. The molecule has 1 amide bonds. The van der Waals surface area contributed by atoms with Crippen LogP contribution in [-0.4, -0.2) is 22.1 Å². The van der Waals surface area contributed by atoms with E-state index in [1.54, 1.807) is 12.3 Å². The van der Waals surface area contributed by atoms with Gasteiger partial charge < -0.3 is 5.32 Å². The first-order valence-corrected chi connectivity index (χ1v) is 8.07. The van der Waals surface area contributed by atoms with Crippen molar-refractivity contribution < 1.29 is 9.72 Å². The smallest absolute Gasteiger partial charge is 0.282 e. The van der Waals surface area contributed by atoms with Gasteiger partial charge in [0.15, 0.2) is 0 Å². The maximum Gasteiger partial charge on any atom is 0.282 e. The summed E-state index contributed by atoms with van der Waals surface area (Å²) in [5.74, 6) is -0.455. The molecule has 0 aliphatic heterocycles. The molecule has 0 saturated heterocycles. The number of carbonyl (C=O) groups excluding carboxylic acids is 1. The predicted octanol–water partition coefficient (Wildman–Crippen LogP) is 3.01. The first kappa shape index (κ1) is 15.5. The number of rotatable bonds is 5. The zero-order valence-electron chi connectivity index (χ0n) is 11.5. The van der Waals surface area contributed by atoms with Crippen molar-refractivity contribution in [3.63, 3.8) is 0 Å². The Kier molecular flexibility index (Phi) is 4.92. The fraction of sp³-hybridized carbons (Fsp3) is 0.231. The lowest BCUT2D eigenvalue weighted by Gasteiger charge is -2.06. The highest BCUT2D eigenvalue weighted by atomic mass is 32.2. The van der Waals surface area contributed by atoms with Crippen molar-refractivity contribution in [3.8, 4) is 0 Å². The second kappa shape index (κ2) is 6.68. The van der Waals surface area contributed by atoms with E-state index in [1.165, 1.54) is 35.2 Å². The molecule has 1 heterocycles. The van der Waals surface area contributed by atoms with Crippen molar-refractivity contribution in [1.82, 2.24) is 10.3 Å². The lowest BCUT2D eigenvalue weighted by molar-refractivity contribution is -0.385. The summed E-state index contributed by atoms with van der Waals surface area (Å²) in [7, 11) is 0.